The summed E-state index contributed by atoms with van der Waals surface area (Å²) in [6.45, 7) is 4.49. The van der Waals surface area contributed by atoms with Gasteiger partial charge in [-0.05, 0) is 5.92 Å². The van der Waals surface area contributed by atoms with E-state index >= 15 is 0 Å². The Kier molecular flexibility index (Phi) is 7.79. The molecule has 0 rings (SSSR count). The molecule has 0 aliphatic rings. The van der Waals surface area contributed by atoms with Gasteiger partial charge in [-0.2, -0.15) is 0 Å². The van der Waals surface area contributed by atoms with E-state index in [1.54, 1.807) is 0 Å². The maximum absolute atomic E-state index is 9.00. The molecule has 0 spiro atoms. The number of carbonyl (C=O) groups is 1. The Morgan fingerprint density at radius 2 is 1.62 bits per heavy atom. The third kappa shape index (κ3) is 7.70. The average molecular weight is 193 g/mol. The zero-order valence-electron chi connectivity index (χ0n) is 8.32. The third-order valence-corrected chi connectivity index (χ3v) is 1.74. The quantitative estimate of drug-likeness (QED) is 0.480. The normalized spacial score (nSPS) is 10.7. The lowest BCUT2D eigenvalue weighted by molar-refractivity contribution is -0.134. The van der Waals surface area contributed by atoms with Crippen LogP contribution in [0.15, 0.2) is 0 Å². The number of rotatable bonds is 3. The zero-order valence-corrected chi connectivity index (χ0v) is 8.32. The van der Waals surface area contributed by atoms with E-state index in [0.29, 0.717) is 0 Å². The van der Waals surface area contributed by atoms with Gasteiger partial charge in [-0.15, -0.1) is 0 Å². The Balaban J connectivity index is 0. The van der Waals surface area contributed by atoms with Crippen LogP contribution in [0.2, 0.25) is 0 Å². The van der Waals surface area contributed by atoms with Crippen LogP contribution in [0.3, 0.4) is 0 Å². The summed E-state index contributed by atoms with van der Waals surface area (Å²) in [4.78, 5) is 9.00. The van der Waals surface area contributed by atoms with Crippen LogP contribution in [0, 0.1) is 5.92 Å². The van der Waals surface area contributed by atoms with Crippen LogP contribution in [0.5, 0.6) is 0 Å². The fourth-order valence-electron chi connectivity index (χ4n) is 0.415. The summed E-state index contributed by atoms with van der Waals surface area (Å²) >= 11 is 0. The third-order valence-electron chi connectivity index (χ3n) is 1.74. The molecule has 0 radical (unpaired) electrons. The number of aliphatic hydroxyl groups is 2. The summed E-state index contributed by atoms with van der Waals surface area (Å²) in [5.41, 5.74) is 4.73. The molecule has 13 heavy (non-hydrogen) atoms. The minimum Gasteiger partial charge on any atom is -0.481 e. The monoisotopic (exact) mass is 193 g/mol. The molecule has 0 aliphatic carbocycles. The van der Waals surface area contributed by atoms with E-state index in [1.165, 1.54) is 0 Å². The Labute approximate surface area is 78.2 Å². The van der Waals surface area contributed by atoms with Gasteiger partial charge in [0.05, 0.1) is 18.8 Å². The Morgan fingerprint density at radius 3 is 1.62 bits per heavy atom. The molecule has 0 amide bonds. The maximum Gasteiger partial charge on any atom is 0.300 e. The number of hydrogen-bond donors (Lipinski definition) is 4. The van der Waals surface area contributed by atoms with E-state index in [1.807, 2.05) is 13.8 Å². The fourth-order valence-corrected chi connectivity index (χ4v) is 0.415. The summed E-state index contributed by atoms with van der Waals surface area (Å²) in [5, 5.41) is 24.8. The lowest BCUT2D eigenvalue weighted by Gasteiger charge is -2.28. The molecule has 80 valence electrons. The van der Waals surface area contributed by atoms with Crippen molar-refractivity contribution in [1.82, 2.24) is 0 Å². The van der Waals surface area contributed by atoms with Gasteiger partial charge in [-0.1, -0.05) is 13.8 Å². The van der Waals surface area contributed by atoms with Crippen LogP contribution in [-0.2, 0) is 4.79 Å². The minimum absolute atomic E-state index is 0.104. The van der Waals surface area contributed by atoms with E-state index in [-0.39, 0.29) is 19.1 Å². The summed E-state index contributed by atoms with van der Waals surface area (Å²) in [6.07, 6.45) is 0. The standard InChI is InChI=1S/C6H15NO2.C2H4O2/c1-5(2)6(7,3-8)4-9;1-2(3)4/h5,8-9H,3-4,7H2,1-2H3;1H3,(H,3,4). The van der Waals surface area contributed by atoms with Gasteiger partial charge in [0.15, 0.2) is 0 Å². The second-order valence-corrected chi connectivity index (χ2v) is 3.22. The molecule has 0 aromatic carbocycles. The second-order valence-electron chi connectivity index (χ2n) is 3.22. The minimum atomic E-state index is -0.833. The molecule has 0 aromatic heterocycles. The van der Waals surface area contributed by atoms with Gasteiger partial charge < -0.3 is 21.1 Å². The molecular formula is C8H19NO4. The van der Waals surface area contributed by atoms with Crippen molar-refractivity contribution < 1.29 is 20.1 Å². The van der Waals surface area contributed by atoms with Gasteiger partial charge in [0, 0.05) is 6.92 Å². The van der Waals surface area contributed by atoms with Crippen LogP contribution >= 0.6 is 0 Å². The maximum atomic E-state index is 9.00. The molecule has 0 saturated carbocycles. The number of hydrogen-bond acceptors (Lipinski definition) is 4. The van der Waals surface area contributed by atoms with Crippen LogP contribution in [-0.4, -0.2) is 40.0 Å². The molecule has 5 nitrogen and oxygen atoms in total. The second kappa shape index (κ2) is 6.82. The molecular weight excluding hydrogens is 174 g/mol. The molecule has 0 aromatic rings. The number of aliphatic carboxylic acids is 1. The van der Waals surface area contributed by atoms with Crippen LogP contribution in [0.1, 0.15) is 20.8 Å². The van der Waals surface area contributed by atoms with Gasteiger partial charge in [0.25, 0.3) is 5.97 Å². The highest BCUT2D eigenvalue weighted by Crippen LogP contribution is 2.11. The lowest BCUT2D eigenvalue weighted by Crippen LogP contribution is -2.51. The predicted molar refractivity (Wildman–Crippen MR) is 49.2 cm³/mol. The van der Waals surface area contributed by atoms with Crippen molar-refractivity contribution in [3.63, 3.8) is 0 Å². The van der Waals surface area contributed by atoms with Crippen LogP contribution in [0.25, 0.3) is 0 Å². The first-order chi connectivity index (χ1) is 5.80. The molecule has 0 unspecified atom stereocenters. The summed E-state index contributed by atoms with van der Waals surface area (Å²) < 4.78 is 0. The van der Waals surface area contributed by atoms with E-state index in [4.69, 9.17) is 25.8 Å². The summed E-state index contributed by atoms with van der Waals surface area (Å²) in [5.74, 6) is -0.729. The molecule has 0 saturated heterocycles. The Morgan fingerprint density at radius 1 is 1.38 bits per heavy atom. The van der Waals surface area contributed by atoms with Gasteiger partial charge in [0.2, 0.25) is 0 Å². The average Bonchev–Trinajstić information content (AvgIpc) is 2.01. The van der Waals surface area contributed by atoms with E-state index in [2.05, 4.69) is 0 Å². The smallest absolute Gasteiger partial charge is 0.300 e. The van der Waals surface area contributed by atoms with Gasteiger partial charge in [-0.25, -0.2) is 0 Å². The number of nitrogens with two attached hydrogens (primary N) is 1. The van der Waals surface area contributed by atoms with E-state index in [9.17, 15) is 0 Å². The highest BCUT2D eigenvalue weighted by molar-refractivity contribution is 5.62. The van der Waals surface area contributed by atoms with Crippen LogP contribution < -0.4 is 5.73 Å². The number of carboxylic acids is 1. The predicted octanol–water partition coefficient (Wildman–Crippen LogP) is -0.585. The summed E-state index contributed by atoms with van der Waals surface area (Å²) in [6, 6.07) is 0. The zero-order chi connectivity index (χ0) is 11.1. The number of carboxylic acid groups (broad SMARTS) is 1. The van der Waals surface area contributed by atoms with Crippen molar-refractivity contribution in [2.75, 3.05) is 13.2 Å². The van der Waals surface area contributed by atoms with Crippen molar-refractivity contribution in [2.24, 2.45) is 11.7 Å². The Hall–Kier alpha value is -0.650. The van der Waals surface area contributed by atoms with E-state index < -0.39 is 11.5 Å². The first-order valence-electron chi connectivity index (χ1n) is 4.00. The molecule has 0 heterocycles. The van der Waals surface area contributed by atoms with Gasteiger partial charge >= 0.3 is 0 Å². The molecule has 0 aliphatic heterocycles. The molecule has 0 fully saturated rings. The van der Waals surface area contributed by atoms with Crippen molar-refractivity contribution in [1.29, 1.82) is 0 Å². The van der Waals surface area contributed by atoms with Crippen molar-refractivity contribution in [3.05, 3.63) is 0 Å². The van der Waals surface area contributed by atoms with Gasteiger partial charge in [-0.3, -0.25) is 4.79 Å². The molecule has 0 bridgehead atoms. The Bertz CT molecular complexity index is 139. The van der Waals surface area contributed by atoms with Crippen molar-refractivity contribution in [2.45, 2.75) is 26.3 Å². The first kappa shape index (κ1) is 14.9. The molecule has 0 atom stereocenters. The SMILES string of the molecule is CC(=O)O.CC(C)C(N)(CO)CO. The highest BCUT2D eigenvalue weighted by Gasteiger charge is 2.26. The molecule has 5 heteroatoms. The fraction of sp³-hybridized carbons (Fsp3) is 0.875. The largest absolute Gasteiger partial charge is 0.481 e. The van der Waals surface area contributed by atoms with Crippen molar-refractivity contribution >= 4 is 5.97 Å². The highest BCUT2D eigenvalue weighted by atomic mass is 16.4. The van der Waals surface area contributed by atoms with E-state index in [0.717, 1.165) is 6.92 Å². The number of aliphatic hydroxyl groups excluding tert-OH is 2. The van der Waals surface area contributed by atoms with Crippen molar-refractivity contribution in [3.8, 4) is 0 Å². The van der Waals surface area contributed by atoms with Gasteiger partial charge in [0.1, 0.15) is 0 Å². The topological polar surface area (TPSA) is 104 Å². The lowest BCUT2D eigenvalue weighted by atomic mass is 9.89. The molecule has 5 N–H and O–H groups in total. The first-order valence-corrected chi connectivity index (χ1v) is 4.00. The summed E-state index contributed by atoms with van der Waals surface area (Å²) in [7, 11) is 0. The van der Waals surface area contributed by atoms with Crippen LogP contribution in [0.4, 0.5) is 0 Å².